The molecular formula is C21H35N5O2. The molecule has 0 spiro atoms. The number of nitrogens with zero attached hydrogens (tertiary/aromatic N) is 4. The quantitative estimate of drug-likeness (QED) is 0.537. The van der Waals surface area contributed by atoms with Crippen LogP contribution in [0.1, 0.15) is 42.0 Å². The molecule has 0 saturated carbocycles. The lowest BCUT2D eigenvalue weighted by Crippen LogP contribution is -2.47. The van der Waals surface area contributed by atoms with Gasteiger partial charge in [0.05, 0.1) is 19.3 Å². The molecule has 156 valence electrons. The highest BCUT2D eigenvalue weighted by molar-refractivity contribution is 5.94. The standard InChI is InChI=1S/C21H35N5O2/c1-5-9-26-19-7-6-17(22-8-14-28-16(2)3)15-18(19)20(23-26)21(27)25-12-10-24(4)11-13-25/h5,16-17,22H,1,6-15H2,2-4H3. The second-order valence-electron chi connectivity index (χ2n) is 8.15. The SMILES string of the molecule is C=CCn1nc(C(=O)N2CCN(C)CC2)c2c1CCC(NCCOC(C)C)C2. The van der Waals surface area contributed by atoms with Crippen molar-refractivity contribution in [1.82, 2.24) is 24.9 Å². The minimum absolute atomic E-state index is 0.0796. The van der Waals surface area contributed by atoms with E-state index < -0.39 is 0 Å². The minimum Gasteiger partial charge on any atom is -0.377 e. The van der Waals surface area contributed by atoms with Crippen LogP contribution in [-0.2, 0) is 24.1 Å². The molecule has 1 aliphatic carbocycles. The number of nitrogens with one attached hydrogen (secondary N) is 1. The molecule has 7 nitrogen and oxygen atoms in total. The number of ether oxygens (including phenoxy) is 1. The first-order valence-corrected chi connectivity index (χ1v) is 10.5. The summed E-state index contributed by atoms with van der Waals surface area (Å²) in [6, 6.07) is 0.365. The molecule has 1 N–H and O–H groups in total. The fourth-order valence-corrected chi connectivity index (χ4v) is 4.02. The van der Waals surface area contributed by atoms with Crippen molar-refractivity contribution in [3.05, 3.63) is 29.6 Å². The summed E-state index contributed by atoms with van der Waals surface area (Å²) in [6.45, 7) is 13.5. The van der Waals surface area contributed by atoms with Gasteiger partial charge in [-0.3, -0.25) is 9.48 Å². The third kappa shape index (κ3) is 5.01. The summed E-state index contributed by atoms with van der Waals surface area (Å²) in [5.74, 6) is 0.0796. The zero-order valence-electron chi connectivity index (χ0n) is 17.6. The van der Waals surface area contributed by atoms with Crippen molar-refractivity contribution in [3.8, 4) is 0 Å². The van der Waals surface area contributed by atoms with Crippen molar-refractivity contribution in [2.24, 2.45) is 0 Å². The van der Waals surface area contributed by atoms with E-state index in [1.807, 2.05) is 15.7 Å². The van der Waals surface area contributed by atoms with Crippen molar-refractivity contribution in [1.29, 1.82) is 0 Å². The van der Waals surface area contributed by atoms with Crippen LogP contribution in [0.4, 0.5) is 0 Å². The molecule has 0 radical (unpaired) electrons. The molecule has 3 rings (SSSR count). The van der Waals surface area contributed by atoms with E-state index in [1.165, 1.54) is 5.69 Å². The van der Waals surface area contributed by atoms with Gasteiger partial charge in [0.1, 0.15) is 0 Å². The van der Waals surface area contributed by atoms with Gasteiger partial charge in [0.2, 0.25) is 0 Å². The van der Waals surface area contributed by atoms with E-state index in [1.54, 1.807) is 0 Å². The van der Waals surface area contributed by atoms with Gasteiger partial charge in [-0.15, -0.1) is 6.58 Å². The second-order valence-corrected chi connectivity index (χ2v) is 8.15. The van der Waals surface area contributed by atoms with Crippen molar-refractivity contribution < 1.29 is 9.53 Å². The number of amides is 1. The van der Waals surface area contributed by atoms with Gasteiger partial charge < -0.3 is 19.9 Å². The number of piperazine rings is 1. The van der Waals surface area contributed by atoms with Gasteiger partial charge >= 0.3 is 0 Å². The van der Waals surface area contributed by atoms with Crippen LogP contribution >= 0.6 is 0 Å². The molecule has 7 heteroatoms. The molecule has 1 unspecified atom stereocenters. The van der Waals surface area contributed by atoms with E-state index in [9.17, 15) is 4.79 Å². The first-order chi connectivity index (χ1) is 13.5. The molecule has 0 aromatic carbocycles. The smallest absolute Gasteiger partial charge is 0.274 e. The summed E-state index contributed by atoms with van der Waals surface area (Å²) in [5, 5.41) is 8.31. The van der Waals surface area contributed by atoms with Crippen molar-refractivity contribution in [3.63, 3.8) is 0 Å². The minimum atomic E-state index is 0.0796. The lowest BCUT2D eigenvalue weighted by molar-refractivity contribution is 0.0655. The summed E-state index contributed by atoms with van der Waals surface area (Å²) in [6.07, 6.45) is 4.95. The van der Waals surface area contributed by atoms with Crippen LogP contribution in [0.15, 0.2) is 12.7 Å². The number of fused-ring (bicyclic) bond motifs is 1. The predicted molar refractivity (Wildman–Crippen MR) is 111 cm³/mol. The molecule has 1 aliphatic heterocycles. The molecule has 1 saturated heterocycles. The van der Waals surface area contributed by atoms with E-state index in [-0.39, 0.29) is 12.0 Å². The highest BCUT2D eigenvalue weighted by atomic mass is 16.5. The van der Waals surface area contributed by atoms with Gasteiger partial charge in [0.15, 0.2) is 5.69 Å². The van der Waals surface area contributed by atoms with E-state index in [4.69, 9.17) is 9.84 Å². The molecule has 1 aromatic rings. The maximum absolute atomic E-state index is 13.2. The monoisotopic (exact) mass is 389 g/mol. The summed E-state index contributed by atoms with van der Waals surface area (Å²) in [5.41, 5.74) is 2.97. The molecule has 28 heavy (non-hydrogen) atoms. The van der Waals surface area contributed by atoms with Crippen molar-refractivity contribution in [2.45, 2.75) is 51.8 Å². The number of hydrogen-bond donors (Lipinski definition) is 1. The lowest BCUT2D eigenvalue weighted by atomic mass is 9.91. The molecule has 1 fully saturated rings. The van der Waals surface area contributed by atoms with E-state index in [0.29, 0.717) is 24.9 Å². The fraction of sp³-hybridized carbons (Fsp3) is 0.714. The second kappa shape index (κ2) is 9.67. The first-order valence-electron chi connectivity index (χ1n) is 10.5. The van der Waals surface area contributed by atoms with Gasteiger partial charge in [-0.25, -0.2) is 0 Å². The molecule has 1 amide bonds. The number of allylic oxidation sites excluding steroid dienone is 1. The van der Waals surface area contributed by atoms with Gasteiger partial charge in [0, 0.05) is 50.0 Å². The van der Waals surface area contributed by atoms with Crippen molar-refractivity contribution >= 4 is 5.91 Å². The van der Waals surface area contributed by atoms with Gasteiger partial charge in [-0.2, -0.15) is 5.10 Å². The zero-order chi connectivity index (χ0) is 20.1. The average molecular weight is 390 g/mol. The van der Waals surface area contributed by atoms with E-state index in [0.717, 1.165) is 57.5 Å². The largest absolute Gasteiger partial charge is 0.377 e. The Bertz CT molecular complexity index is 677. The first kappa shape index (κ1) is 21.0. The summed E-state index contributed by atoms with van der Waals surface area (Å²) in [7, 11) is 2.10. The predicted octanol–water partition coefficient (Wildman–Crippen LogP) is 1.33. The van der Waals surface area contributed by atoms with Crippen LogP contribution in [0.25, 0.3) is 0 Å². The molecule has 1 aromatic heterocycles. The number of carbonyl (C=O) groups is 1. The Hall–Kier alpha value is -1.70. The Morgan fingerprint density at radius 2 is 2.11 bits per heavy atom. The van der Waals surface area contributed by atoms with Gasteiger partial charge in [-0.05, 0) is 40.2 Å². The Morgan fingerprint density at radius 1 is 1.36 bits per heavy atom. The van der Waals surface area contributed by atoms with Crippen LogP contribution in [0, 0.1) is 0 Å². The number of carbonyl (C=O) groups excluding carboxylic acids is 1. The Balaban J connectivity index is 1.71. The molecule has 2 aliphatic rings. The van der Waals surface area contributed by atoms with E-state index in [2.05, 4.69) is 37.7 Å². The molecule has 1 atom stereocenters. The maximum atomic E-state index is 13.2. The third-order valence-electron chi connectivity index (χ3n) is 5.63. The number of hydrogen-bond acceptors (Lipinski definition) is 5. The third-order valence-corrected chi connectivity index (χ3v) is 5.63. The molecule has 0 bridgehead atoms. The summed E-state index contributed by atoms with van der Waals surface area (Å²) >= 11 is 0. The van der Waals surface area contributed by atoms with Gasteiger partial charge in [-0.1, -0.05) is 6.08 Å². The molecular weight excluding hydrogens is 354 g/mol. The fourth-order valence-electron chi connectivity index (χ4n) is 4.02. The Kier molecular flexibility index (Phi) is 7.26. The topological polar surface area (TPSA) is 62.6 Å². The Morgan fingerprint density at radius 3 is 2.79 bits per heavy atom. The van der Waals surface area contributed by atoms with Crippen LogP contribution < -0.4 is 5.32 Å². The number of rotatable bonds is 8. The van der Waals surface area contributed by atoms with Crippen LogP contribution in [-0.4, -0.2) is 84.0 Å². The van der Waals surface area contributed by atoms with Crippen LogP contribution in [0.5, 0.6) is 0 Å². The normalized spacial score (nSPS) is 20.4. The van der Waals surface area contributed by atoms with Gasteiger partial charge in [0.25, 0.3) is 5.91 Å². The highest BCUT2D eigenvalue weighted by Gasteiger charge is 2.31. The summed E-state index contributed by atoms with van der Waals surface area (Å²) in [4.78, 5) is 17.4. The van der Waals surface area contributed by atoms with Crippen LogP contribution in [0.2, 0.25) is 0 Å². The number of aromatic nitrogens is 2. The number of likely N-dealkylation sites (N-methyl/N-ethyl adjacent to an activating group) is 1. The average Bonchev–Trinajstić information content (AvgIpc) is 3.03. The maximum Gasteiger partial charge on any atom is 0.274 e. The highest BCUT2D eigenvalue weighted by Crippen LogP contribution is 2.26. The Labute approximate surface area is 168 Å². The summed E-state index contributed by atoms with van der Waals surface area (Å²) < 4.78 is 7.61. The lowest BCUT2D eigenvalue weighted by Gasteiger charge is -2.32. The van der Waals surface area contributed by atoms with Crippen molar-refractivity contribution in [2.75, 3.05) is 46.4 Å². The van der Waals surface area contributed by atoms with Crippen LogP contribution in [0.3, 0.4) is 0 Å². The van der Waals surface area contributed by atoms with E-state index >= 15 is 0 Å². The molecule has 2 heterocycles. The zero-order valence-corrected chi connectivity index (χ0v) is 17.6.